The highest BCUT2D eigenvalue weighted by Crippen LogP contribution is 2.60. The van der Waals surface area contributed by atoms with E-state index in [1.165, 1.54) is 6.42 Å². The largest absolute Gasteiger partial charge is 0.466 e. The first-order valence-corrected chi connectivity index (χ1v) is 13.1. The van der Waals surface area contributed by atoms with Gasteiger partial charge in [0.1, 0.15) is 11.6 Å². The Kier molecular flexibility index (Phi) is 7.46. The number of hydrogen-bond donors (Lipinski definition) is 2. The summed E-state index contributed by atoms with van der Waals surface area (Å²) in [4.78, 5) is 41.7. The van der Waals surface area contributed by atoms with Gasteiger partial charge in [0, 0.05) is 24.0 Å². The van der Waals surface area contributed by atoms with Crippen molar-refractivity contribution in [1.82, 2.24) is 10.2 Å². The predicted octanol–water partition coefficient (Wildman–Crippen LogP) is 1.91. The van der Waals surface area contributed by atoms with Crippen LogP contribution in [0, 0.1) is 11.8 Å². The van der Waals surface area contributed by atoms with Gasteiger partial charge in [-0.3, -0.25) is 14.4 Å². The molecule has 3 saturated heterocycles. The summed E-state index contributed by atoms with van der Waals surface area (Å²) in [5, 5.41) is 12.3. The number of aliphatic hydroxyl groups excluding tert-OH is 1. The standard InChI is InChI=1S/C23H35BrN2O6/c1-2-31-22(30)16-17-21(29)26(11-7-4-8-12-27)19(23(17)13-15(24)18(16)32-23)20(28)25-14-9-5-3-6-10-14/h14-19,27H,2-13H2,1H3,(H,25,28)/t15?,16-,17+,18-,19?,23?/m1/s1. The summed E-state index contributed by atoms with van der Waals surface area (Å²) in [7, 11) is 0. The van der Waals surface area contributed by atoms with E-state index >= 15 is 0 Å². The molecule has 0 aromatic heterocycles. The number of esters is 1. The number of alkyl halides is 1. The maximum atomic E-state index is 13.7. The van der Waals surface area contributed by atoms with Crippen LogP contribution in [-0.4, -0.2) is 76.2 Å². The van der Waals surface area contributed by atoms with Gasteiger partial charge in [-0.2, -0.15) is 0 Å². The number of carbonyl (C=O) groups excluding carboxylic acids is 3. The van der Waals surface area contributed by atoms with Gasteiger partial charge >= 0.3 is 5.97 Å². The smallest absolute Gasteiger partial charge is 0.312 e. The molecule has 4 rings (SSSR count). The van der Waals surface area contributed by atoms with Crippen molar-refractivity contribution in [2.75, 3.05) is 19.8 Å². The first kappa shape index (κ1) is 24.0. The van der Waals surface area contributed by atoms with Gasteiger partial charge in [-0.1, -0.05) is 35.2 Å². The molecular weight excluding hydrogens is 480 g/mol. The zero-order valence-electron chi connectivity index (χ0n) is 18.8. The Bertz CT molecular complexity index is 729. The fourth-order valence-corrected chi connectivity index (χ4v) is 7.22. The van der Waals surface area contributed by atoms with E-state index in [2.05, 4.69) is 21.2 Å². The van der Waals surface area contributed by atoms with Crippen LogP contribution in [-0.2, 0) is 23.9 Å². The van der Waals surface area contributed by atoms with Gasteiger partial charge in [0.15, 0.2) is 0 Å². The van der Waals surface area contributed by atoms with E-state index in [-0.39, 0.29) is 35.9 Å². The Hall–Kier alpha value is -1.19. The molecule has 3 aliphatic heterocycles. The Balaban J connectivity index is 1.62. The molecule has 6 atom stereocenters. The molecule has 8 nitrogen and oxygen atoms in total. The highest BCUT2D eigenvalue weighted by molar-refractivity contribution is 9.09. The van der Waals surface area contributed by atoms with Crippen molar-refractivity contribution in [3.8, 4) is 0 Å². The summed E-state index contributed by atoms with van der Waals surface area (Å²) in [6.45, 7) is 2.50. The van der Waals surface area contributed by atoms with Gasteiger partial charge < -0.3 is 24.8 Å². The number of hydrogen-bond acceptors (Lipinski definition) is 6. The van der Waals surface area contributed by atoms with Crippen molar-refractivity contribution < 1.29 is 29.0 Å². The van der Waals surface area contributed by atoms with E-state index in [1.807, 2.05) is 0 Å². The number of amides is 2. The highest BCUT2D eigenvalue weighted by atomic mass is 79.9. The van der Waals surface area contributed by atoms with Gasteiger partial charge in [-0.25, -0.2) is 0 Å². The molecule has 180 valence electrons. The van der Waals surface area contributed by atoms with Crippen LogP contribution in [0.5, 0.6) is 0 Å². The van der Waals surface area contributed by atoms with Crippen LogP contribution in [0.25, 0.3) is 0 Å². The lowest BCUT2D eigenvalue weighted by molar-refractivity contribution is -0.154. The Labute approximate surface area is 197 Å². The highest BCUT2D eigenvalue weighted by Gasteiger charge is 2.76. The number of halogens is 1. The molecule has 4 fully saturated rings. The second kappa shape index (κ2) is 9.97. The van der Waals surface area contributed by atoms with Crippen LogP contribution in [0.2, 0.25) is 0 Å². The average molecular weight is 515 g/mol. The number of carbonyl (C=O) groups is 3. The second-order valence-corrected chi connectivity index (χ2v) is 10.8. The average Bonchev–Trinajstić information content (AvgIpc) is 3.35. The summed E-state index contributed by atoms with van der Waals surface area (Å²) >= 11 is 3.65. The van der Waals surface area contributed by atoms with Gasteiger partial charge in [0.25, 0.3) is 0 Å². The molecule has 0 radical (unpaired) electrons. The number of aliphatic hydroxyl groups is 1. The quantitative estimate of drug-likeness (QED) is 0.276. The normalized spacial score (nSPS) is 36.4. The van der Waals surface area contributed by atoms with E-state index < -0.39 is 35.6 Å². The SMILES string of the molecule is CCOC(=O)[C@H]1[C@@H]2OC3(CC2Br)C(C(=O)NC2CCCCC2)N(CCCCCO)C(=O)[C@H]13. The van der Waals surface area contributed by atoms with Crippen LogP contribution in [0.15, 0.2) is 0 Å². The molecule has 1 aliphatic carbocycles. The van der Waals surface area contributed by atoms with Crippen molar-refractivity contribution in [3.63, 3.8) is 0 Å². The maximum absolute atomic E-state index is 13.7. The summed E-state index contributed by atoms with van der Waals surface area (Å²) in [6.07, 6.45) is 7.45. The zero-order chi connectivity index (χ0) is 22.9. The first-order chi connectivity index (χ1) is 15.4. The molecule has 3 unspecified atom stereocenters. The van der Waals surface area contributed by atoms with Gasteiger partial charge in [0.05, 0.1) is 24.5 Å². The molecule has 1 saturated carbocycles. The third-order valence-electron chi connectivity index (χ3n) is 7.60. The van der Waals surface area contributed by atoms with E-state index in [0.717, 1.165) is 32.1 Å². The third-order valence-corrected chi connectivity index (χ3v) is 8.45. The van der Waals surface area contributed by atoms with E-state index in [0.29, 0.717) is 25.8 Å². The Morgan fingerprint density at radius 1 is 1.25 bits per heavy atom. The molecule has 3 heterocycles. The second-order valence-electron chi connectivity index (χ2n) is 9.57. The monoisotopic (exact) mass is 514 g/mol. The zero-order valence-corrected chi connectivity index (χ0v) is 20.3. The number of nitrogens with zero attached hydrogens (tertiary/aromatic N) is 1. The van der Waals surface area contributed by atoms with Crippen molar-refractivity contribution in [3.05, 3.63) is 0 Å². The van der Waals surface area contributed by atoms with Crippen molar-refractivity contribution >= 4 is 33.7 Å². The minimum Gasteiger partial charge on any atom is -0.466 e. The summed E-state index contributed by atoms with van der Waals surface area (Å²) < 4.78 is 11.7. The summed E-state index contributed by atoms with van der Waals surface area (Å²) in [5.74, 6) is -2.17. The first-order valence-electron chi connectivity index (χ1n) is 12.1. The molecule has 9 heteroatoms. The molecule has 4 aliphatic rings. The minimum absolute atomic E-state index is 0.104. The van der Waals surface area contributed by atoms with E-state index in [1.54, 1.807) is 11.8 Å². The lowest BCUT2D eigenvalue weighted by Crippen LogP contribution is -2.57. The Morgan fingerprint density at radius 2 is 2.00 bits per heavy atom. The van der Waals surface area contributed by atoms with Crippen molar-refractivity contribution in [2.45, 2.75) is 93.3 Å². The molecular formula is C23H35BrN2O6. The van der Waals surface area contributed by atoms with Crippen LogP contribution >= 0.6 is 15.9 Å². The van der Waals surface area contributed by atoms with Crippen LogP contribution < -0.4 is 5.32 Å². The molecule has 2 N–H and O–H groups in total. The molecule has 2 bridgehead atoms. The van der Waals surface area contributed by atoms with Gasteiger partial charge in [-0.05, 0) is 45.4 Å². The summed E-state index contributed by atoms with van der Waals surface area (Å²) in [5.41, 5.74) is -1.01. The topological polar surface area (TPSA) is 105 Å². The molecule has 1 spiro atoms. The fraction of sp³-hybridized carbons (Fsp3) is 0.870. The predicted molar refractivity (Wildman–Crippen MR) is 120 cm³/mol. The van der Waals surface area contributed by atoms with E-state index in [4.69, 9.17) is 14.6 Å². The van der Waals surface area contributed by atoms with Crippen LogP contribution in [0.1, 0.15) is 64.7 Å². The van der Waals surface area contributed by atoms with Crippen LogP contribution in [0.3, 0.4) is 0 Å². The van der Waals surface area contributed by atoms with Crippen molar-refractivity contribution in [1.29, 1.82) is 0 Å². The molecule has 0 aromatic carbocycles. The number of nitrogens with one attached hydrogen (secondary N) is 1. The van der Waals surface area contributed by atoms with E-state index in [9.17, 15) is 14.4 Å². The number of likely N-dealkylation sites (tertiary alicyclic amines) is 1. The number of fused-ring (bicyclic) bond motifs is 1. The minimum atomic E-state index is -1.01. The lowest BCUT2D eigenvalue weighted by atomic mass is 9.70. The Morgan fingerprint density at radius 3 is 2.69 bits per heavy atom. The molecule has 0 aromatic rings. The maximum Gasteiger partial charge on any atom is 0.312 e. The van der Waals surface area contributed by atoms with Crippen molar-refractivity contribution in [2.24, 2.45) is 11.8 Å². The number of rotatable bonds is 9. The van der Waals surface area contributed by atoms with Gasteiger partial charge in [0.2, 0.25) is 11.8 Å². The molecule has 32 heavy (non-hydrogen) atoms. The summed E-state index contributed by atoms with van der Waals surface area (Å²) in [6, 6.07) is -0.627. The molecule has 2 amide bonds. The number of ether oxygens (including phenoxy) is 2. The van der Waals surface area contributed by atoms with Crippen LogP contribution in [0.4, 0.5) is 0 Å². The van der Waals surface area contributed by atoms with Gasteiger partial charge in [-0.15, -0.1) is 0 Å². The number of unbranched alkanes of at least 4 members (excludes halogenated alkanes) is 2. The lowest BCUT2D eigenvalue weighted by Gasteiger charge is -2.35. The third kappa shape index (κ3) is 4.09. The fourth-order valence-electron chi connectivity index (χ4n) is 6.28.